The van der Waals surface area contributed by atoms with Crippen LogP contribution in [0.15, 0.2) is 88.8 Å². The summed E-state index contributed by atoms with van der Waals surface area (Å²) < 4.78 is 1.66. The first-order valence-corrected chi connectivity index (χ1v) is 10.7. The molecule has 2 N–H and O–H groups in total. The normalized spacial score (nSPS) is 14.1. The predicted molar refractivity (Wildman–Crippen MR) is 126 cm³/mol. The lowest BCUT2D eigenvalue weighted by Gasteiger charge is -2.05. The second-order valence-electron chi connectivity index (χ2n) is 7.09. The number of carboxylic acid groups (broad SMARTS) is 1. The highest BCUT2D eigenvalue weighted by atomic mass is 32.1. The summed E-state index contributed by atoms with van der Waals surface area (Å²) >= 11 is 1.31. The van der Waals surface area contributed by atoms with Crippen molar-refractivity contribution in [3.63, 3.8) is 0 Å². The number of allylic oxidation sites excluding steroid dienone is 1. The Bertz CT molecular complexity index is 1460. The summed E-state index contributed by atoms with van der Waals surface area (Å²) in [5, 5.41) is 20.4. The fraction of sp³-hybridized carbons (Fsp3) is 0. The van der Waals surface area contributed by atoms with E-state index in [2.05, 4.69) is 9.98 Å². The molecule has 0 unspecified atom stereocenters. The molecule has 5 rings (SSSR count). The van der Waals surface area contributed by atoms with Crippen molar-refractivity contribution in [1.29, 1.82) is 0 Å². The summed E-state index contributed by atoms with van der Waals surface area (Å²) in [4.78, 5) is 21.6. The Morgan fingerprint density at radius 3 is 2.59 bits per heavy atom. The first kappa shape index (κ1) is 19.7. The number of thiazole rings is 1. The summed E-state index contributed by atoms with van der Waals surface area (Å²) in [6, 6.07) is 23.7. The van der Waals surface area contributed by atoms with Gasteiger partial charge in [0.2, 0.25) is 5.88 Å². The van der Waals surface area contributed by atoms with Crippen molar-refractivity contribution in [2.45, 2.75) is 0 Å². The molecule has 0 aliphatic carbocycles. The first-order valence-electron chi connectivity index (χ1n) is 9.83. The average molecular weight is 439 g/mol. The van der Waals surface area contributed by atoms with Crippen LogP contribution in [0.2, 0.25) is 0 Å². The van der Waals surface area contributed by atoms with Gasteiger partial charge in [-0.15, -0.1) is 0 Å². The molecule has 0 saturated carbocycles. The molecule has 32 heavy (non-hydrogen) atoms. The van der Waals surface area contributed by atoms with Gasteiger partial charge in [-0.05, 0) is 42.5 Å². The monoisotopic (exact) mass is 439 g/mol. The molecule has 0 radical (unpaired) electrons. The summed E-state index contributed by atoms with van der Waals surface area (Å²) in [6.45, 7) is 0. The van der Waals surface area contributed by atoms with Crippen LogP contribution in [0.1, 0.15) is 20.8 Å². The second kappa shape index (κ2) is 8.13. The molecule has 0 bridgehead atoms. The zero-order valence-electron chi connectivity index (χ0n) is 16.7. The maximum absolute atomic E-state index is 11.3. The number of para-hydroxylation sites is 2. The molecule has 6 nitrogen and oxygen atoms in total. The number of carboxylic acids is 1. The van der Waals surface area contributed by atoms with Gasteiger partial charge in [-0.25, -0.2) is 9.79 Å². The topological polar surface area (TPSA) is 87.2 Å². The maximum Gasteiger partial charge on any atom is 0.335 e. The third kappa shape index (κ3) is 3.66. The molecular formula is C25H17N3O3S. The molecule has 4 aromatic rings. The van der Waals surface area contributed by atoms with Crippen LogP contribution >= 0.6 is 11.3 Å². The van der Waals surface area contributed by atoms with Crippen LogP contribution in [0.5, 0.6) is 5.88 Å². The molecule has 1 aromatic heterocycles. The molecule has 7 heteroatoms. The third-order valence-corrected chi connectivity index (χ3v) is 5.98. The summed E-state index contributed by atoms with van der Waals surface area (Å²) in [5.74, 6) is -0.962. The van der Waals surface area contributed by atoms with Crippen molar-refractivity contribution in [3.05, 3.63) is 99.7 Å². The Kier molecular flexibility index (Phi) is 5.01. The Morgan fingerprint density at radius 1 is 1.00 bits per heavy atom. The van der Waals surface area contributed by atoms with E-state index in [1.807, 2.05) is 60.7 Å². The Hall–Kier alpha value is -4.23. The molecule has 0 atom stereocenters. The molecule has 1 aliphatic rings. The van der Waals surface area contributed by atoms with Crippen LogP contribution in [0, 0.1) is 0 Å². The van der Waals surface area contributed by atoms with Gasteiger partial charge in [-0.3, -0.25) is 9.56 Å². The molecule has 1 aliphatic heterocycles. The molecule has 156 valence electrons. The van der Waals surface area contributed by atoms with Crippen molar-refractivity contribution in [1.82, 2.24) is 4.57 Å². The standard InChI is InChI=1S/C25H17N3O3S/c29-23-22(14-17-15-26-21-12-5-4-11-20(17)21)32-25(28(23)19-9-2-1-3-10-19)27-18-8-6-7-16(13-18)24(30)31/h1-15,29H,(H,30,31)/b17-14+,27-25?. The highest BCUT2D eigenvalue weighted by Crippen LogP contribution is 2.35. The summed E-state index contributed by atoms with van der Waals surface area (Å²) in [7, 11) is 0. The zero-order valence-corrected chi connectivity index (χ0v) is 17.5. The second-order valence-corrected chi connectivity index (χ2v) is 8.09. The lowest BCUT2D eigenvalue weighted by molar-refractivity contribution is 0.0697. The quantitative estimate of drug-likeness (QED) is 0.444. The fourth-order valence-corrected chi connectivity index (χ4v) is 4.48. The third-order valence-electron chi connectivity index (χ3n) is 5.00. The number of fused-ring (bicyclic) bond motifs is 1. The van der Waals surface area contributed by atoms with Crippen molar-refractivity contribution in [2.75, 3.05) is 0 Å². The van der Waals surface area contributed by atoms with E-state index in [0.29, 0.717) is 15.4 Å². The number of aromatic carboxylic acids is 1. The minimum atomic E-state index is -1.02. The fourth-order valence-electron chi connectivity index (χ4n) is 3.48. The number of rotatable bonds is 4. The Balaban J connectivity index is 1.69. The number of aromatic nitrogens is 1. The SMILES string of the molecule is O=C(O)c1cccc(N=c2sc(/C=C3\C=Nc4ccccc43)c(O)n2-c2ccccc2)c1. The van der Waals surface area contributed by atoms with E-state index in [0.717, 1.165) is 22.5 Å². The lowest BCUT2D eigenvalue weighted by atomic mass is 10.1. The van der Waals surface area contributed by atoms with Crippen LogP contribution in [-0.2, 0) is 0 Å². The van der Waals surface area contributed by atoms with Crippen LogP contribution in [0.3, 0.4) is 0 Å². The van der Waals surface area contributed by atoms with Gasteiger partial charge in [0.1, 0.15) is 0 Å². The molecule has 0 saturated heterocycles. The van der Waals surface area contributed by atoms with Gasteiger partial charge in [-0.1, -0.05) is 53.8 Å². The van der Waals surface area contributed by atoms with Gasteiger partial charge in [0.15, 0.2) is 4.80 Å². The van der Waals surface area contributed by atoms with E-state index < -0.39 is 5.97 Å². The first-order chi connectivity index (χ1) is 15.6. The van der Waals surface area contributed by atoms with Gasteiger partial charge in [0, 0.05) is 17.4 Å². The number of benzene rings is 3. The Morgan fingerprint density at radius 2 is 1.78 bits per heavy atom. The highest BCUT2D eigenvalue weighted by molar-refractivity contribution is 7.10. The van der Waals surface area contributed by atoms with Crippen LogP contribution in [-0.4, -0.2) is 27.0 Å². The van der Waals surface area contributed by atoms with E-state index in [1.54, 1.807) is 22.9 Å². The van der Waals surface area contributed by atoms with Crippen molar-refractivity contribution >= 4 is 46.5 Å². The van der Waals surface area contributed by atoms with Crippen LogP contribution in [0.25, 0.3) is 17.3 Å². The van der Waals surface area contributed by atoms with Gasteiger partial charge in [-0.2, -0.15) is 0 Å². The van der Waals surface area contributed by atoms with E-state index in [-0.39, 0.29) is 11.4 Å². The number of hydrogen-bond donors (Lipinski definition) is 2. The zero-order chi connectivity index (χ0) is 22.1. The van der Waals surface area contributed by atoms with E-state index in [4.69, 9.17) is 0 Å². The Labute approximate surface area is 187 Å². The van der Waals surface area contributed by atoms with Gasteiger partial charge < -0.3 is 10.2 Å². The van der Waals surface area contributed by atoms with E-state index >= 15 is 0 Å². The summed E-state index contributed by atoms with van der Waals surface area (Å²) in [6.07, 6.45) is 3.67. The van der Waals surface area contributed by atoms with Crippen molar-refractivity contribution in [2.24, 2.45) is 9.98 Å². The van der Waals surface area contributed by atoms with Gasteiger partial charge in [0.25, 0.3) is 0 Å². The molecular weight excluding hydrogens is 422 g/mol. The molecule has 0 fully saturated rings. The van der Waals surface area contributed by atoms with E-state index in [9.17, 15) is 15.0 Å². The molecule has 0 amide bonds. The van der Waals surface area contributed by atoms with Crippen molar-refractivity contribution in [3.8, 4) is 11.6 Å². The van der Waals surface area contributed by atoms with Crippen LogP contribution < -0.4 is 4.80 Å². The number of aromatic hydroxyl groups is 1. The smallest absolute Gasteiger partial charge is 0.335 e. The number of hydrogen-bond acceptors (Lipinski definition) is 5. The average Bonchev–Trinajstić information content (AvgIpc) is 3.35. The van der Waals surface area contributed by atoms with Crippen LogP contribution in [0.4, 0.5) is 11.4 Å². The molecule has 3 aromatic carbocycles. The minimum absolute atomic E-state index is 0.0552. The lowest BCUT2D eigenvalue weighted by Crippen LogP contribution is -2.11. The predicted octanol–water partition coefficient (Wildman–Crippen LogP) is 5.43. The van der Waals surface area contributed by atoms with Crippen molar-refractivity contribution < 1.29 is 15.0 Å². The number of aliphatic imine (C=N–C) groups is 1. The maximum atomic E-state index is 11.3. The molecule has 2 heterocycles. The number of nitrogens with zero attached hydrogens (tertiary/aromatic N) is 3. The minimum Gasteiger partial charge on any atom is -0.493 e. The van der Waals surface area contributed by atoms with Gasteiger partial charge >= 0.3 is 5.97 Å². The molecule has 0 spiro atoms. The largest absolute Gasteiger partial charge is 0.493 e. The van der Waals surface area contributed by atoms with Gasteiger partial charge in [0.05, 0.1) is 27.5 Å². The van der Waals surface area contributed by atoms with E-state index in [1.165, 1.54) is 23.5 Å². The summed E-state index contributed by atoms with van der Waals surface area (Å²) in [5.41, 5.74) is 4.18. The number of carbonyl (C=O) groups is 1. The highest BCUT2D eigenvalue weighted by Gasteiger charge is 2.17.